The topological polar surface area (TPSA) is 58.2 Å². The maximum atomic E-state index is 12.4. The Balaban J connectivity index is 1.76. The maximum Gasteiger partial charge on any atom is 0.256 e. The molecule has 0 aromatic heterocycles. The molecule has 4 nitrogen and oxygen atoms in total. The fraction of sp³-hybridized carbons (Fsp3) is 0.222. The van der Waals surface area contributed by atoms with Crippen LogP contribution in [0.2, 0.25) is 0 Å². The second kappa shape index (κ2) is 6.70. The first-order valence-corrected chi connectivity index (χ1v) is 8.60. The standard InChI is InChI=1S/C18H17IN2O2/c1-11-6-9-13(10-16(11)21-17(22)12-7-8-12)20-18(23)14-4-2-3-5-15(14)19/h2-6,9-10,12H,7-8H2,1H3,(H,20,23)(H,21,22). The minimum Gasteiger partial charge on any atom is -0.326 e. The van der Waals surface area contributed by atoms with Gasteiger partial charge < -0.3 is 10.6 Å². The zero-order chi connectivity index (χ0) is 16.4. The first-order valence-electron chi connectivity index (χ1n) is 7.52. The van der Waals surface area contributed by atoms with Gasteiger partial charge in [0, 0.05) is 20.9 Å². The third-order valence-electron chi connectivity index (χ3n) is 3.82. The Morgan fingerprint density at radius 3 is 2.52 bits per heavy atom. The summed E-state index contributed by atoms with van der Waals surface area (Å²) in [7, 11) is 0. The van der Waals surface area contributed by atoms with Crippen LogP contribution in [0.1, 0.15) is 28.8 Å². The highest BCUT2D eigenvalue weighted by molar-refractivity contribution is 14.1. The molecule has 1 aliphatic carbocycles. The normalized spacial score (nSPS) is 13.5. The molecule has 118 valence electrons. The van der Waals surface area contributed by atoms with Crippen LogP contribution in [0, 0.1) is 16.4 Å². The van der Waals surface area contributed by atoms with Crippen LogP contribution in [0.5, 0.6) is 0 Å². The summed E-state index contributed by atoms with van der Waals surface area (Å²) >= 11 is 2.14. The Hall–Kier alpha value is -1.89. The minimum atomic E-state index is -0.154. The molecule has 0 atom stereocenters. The molecule has 0 saturated heterocycles. The highest BCUT2D eigenvalue weighted by Crippen LogP contribution is 2.31. The van der Waals surface area contributed by atoms with Gasteiger partial charge in [0.05, 0.1) is 5.56 Å². The molecule has 1 fully saturated rings. The molecule has 0 unspecified atom stereocenters. The van der Waals surface area contributed by atoms with Gasteiger partial charge in [0.15, 0.2) is 0 Å². The molecule has 1 saturated carbocycles. The van der Waals surface area contributed by atoms with Crippen molar-refractivity contribution in [1.29, 1.82) is 0 Å². The van der Waals surface area contributed by atoms with Crippen molar-refractivity contribution in [3.8, 4) is 0 Å². The number of hydrogen-bond donors (Lipinski definition) is 2. The lowest BCUT2D eigenvalue weighted by atomic mass is 10.1. The number of carbonyl (C=O) groups is 2. The quantitative estimate of drug-likeness (QED) is 0.729. The molecule has 3 rings (SSSR count). The zero-order valence-electron chi connectivity index (χ0n) is 12.7. The summed E-state index contributed by atoms with van der Waals surface area (Å²) in [6.07, 6.45) is 1.93. The molecular weight excluding hydrogens is 403 g/mol. The van der Waals surface area contributed by atoms with Gasteiger partial charge in [0.25, 0.3) is 5.91 Å². The molecule has 2 amide bonds. The van der Waals surface area contributed by atoms with E-state index in [9.17, 15) is 9.59 Å². The van der Waals surface area contributed by atoms with Crippen LogP contribution in [0.25, 0.3) is 0 Å². The summed E-state index contributed by atoms with van der Waals surface area (Å²) in [5.41, 5.74) is 3.04. The number of rotatable bonds is 4. The molecule has 23 heavy (non-hydrogen) atoms. The van der Waals surface area contributed by atoms with E-state index in [4.69, 9.17) is 0 Å². The van der Waals surface area contributed by atoms with Crippen molar-refractivity contribution in [2.45, 2.75) is 19.8 Å². The van der Waals surface area contributed by atoms with Crippen LogP contribution in [-0.4, -0.2) is 11.8 Å². The van der Waals surface area contributed by atoms with E-state index in [0.717, 1.165) is 27.7 Å². The summed E-state index contributed by atoms with van der Waals surface area (Å²) in [5, 5.41) is 5.83. The van der Waals surface area contributed by atoms with Crippen LogP contribution < -0.4 is 10.6 Å². The molecule has 2 N–H and O–H groups in total. The summed E-state index contributed by atoms with van der Waals surface area (Å²) < 4.78 is 0.900. The van der Waals surface area contributed by atoms with E-state index in [0.29, 0.717) is 11.3 Å². The summed E-state index contributed by atoms with van der Waals surface area (Å²) in [4.78, 5) is 24.3. The largest absolute Gasteiger partial charge is 0.326 e. The fourth-order valence-electron chi connectivity index (χ4n) is 2.26. The molecule has 2 aromatic carbocycles. The predicted octanol–water partition coefficient (Wildman–Crippen LogP) is 4.20. The average molecular weight is 420 g/mol. The first kappa shape index (κ1) is 16.0. The van der Waals surface area contributed by atoms with Gasteiger partial charge in [-0.3, -0.25) is 9.59 Å². The molecule has 2 aromatic rings. The molecule has 0 radical (unpaired) electrons. The van der Waals surface area contributed by atoms with Gasteiger partial charge in [-0.15, -0.1) is 0 Å². The Bertz CT molecular complexity index is 769. The molecule has 0 aliphatic heterocycles. The highest BCUT2D eigenvalue weighted by atomic mass is 127. The Labute approximate surface area is 148 Å². The molecule has 0 heterocycles. The van der Waals surface area contributed by atoms with Gasteiger partial charge in [0.1, 0.15) is 0 Å². The van der Waals surface area contributed by atoms with Crippen molar-refractivity contribution in [3.05, 3.63) is 57.2 Å². The van der Waals surface area contributed by atoms with Crippen molar-refractivity contribution in [1.82, 2.24) is 0 Å². The van der Waals surface area contributed by atoms with Crippen molar-refractivity contribution in [3.63, 3.8) is 0 Å². The van der Waals surface area contributed by atoms with E-state index in [1.807, 2.05) is 43.3 Å². The smallest absolute Gasteiger partial charge is 0.256 e. The number of halogens is 1. The second-order valence-corrected chi connectivity index (χ2v) is 6.89. The fourth-order valence-corrected chi connectivity index (χ4v) is 2.89. The van der Waals surface area contributed by atoms with Crippen molar-refractivity contribution in [2.24, 2.45) is 5.92 Å². The lowest BCUT2D eigenvalue weighted by Crippen LogP contribution is -2.16. The lowest BCUT2D eigenvalue weighted by Gasteiger charge is -2.12. The summed E-state index contributed by atoms with van der Waals surface area (Å²) in [5.74, 6) is 0.0612. The third kappa shape index (κ3) is 3.90. The van der Waals surface area contributed by atoms with Gasteiger partial charge in [0.2, 0.25) is 5.91 Å². The Kier molecular flexibility index (Phi) is 4.66. The average Bonchev–Trinajstić information content (AvgIpc) is 3.35. The van der Waals surface area contributed by atoms with E-state index in [2.05, 4.69) is 33.2 Å². The van der Waals surface area contributed by atoms with Gasteiger partial charge in [-0.05, 0) is 72.2 Å². The van der Waals surface area contributed by atoms with Crippen LogP contribution >= 0.6 is 22.6 Å². The first-order chi connectivity index (χ1) is 11.0. The third-order valence-corrected chi connectivity index (χ3v) is 4.76. The van der Waals surface area contributed by atoms with E-state index in [1.165, 1.54) is 0 Å². The van der Waals surface area contributed by atoms with Crippen LogP contribution in [0.15, 0.2) is 42.5 Å². The van der Waals surface area contributed by atoms with E-state index < -0.39 is 0 Å². The monoisotopic (exact) mass is 420 g/mol. The SMILES string of the molecule is Cc1ccc(NC(=O)c2ccccc2I)cc1NC(=O)C1CC1. The molecule has 0 spiro atoms. The number of aryl methyl sites for hydroxylation is 1. The van der Waals surface area contributed by atoms with E-state index >= 15 is 0 Å². The number of nitrogens with one attached hydrogen (secondary N) is 2. The number of amides is 2. The van der Waals surface area contributed by atoms with Gasteiger partial charge in [-0.1, -0.05) is 18.2 Å². The highest BCUT2D eigenvalue weighted by Gasteiger charge is 2.29. The summed E-state index contributed by atoms with van der Waals surface area (Å²) in [6, 6.07) is 13.0. The van der Waals surface area contributed by atoms with Crippen molar-refractivity contribution < 1.29 is 9.59 Å². The maximum absolute atomic E-state index is 12.4. The Morgan fingerprint density at radius 2 is 1.83 bits per heavy atom. The van der Waals surface area contributed by atoms with Crippen LogP contribution in [0.4, 0.5) is 11.4 Å². The molecular formula is C18H17IN2O2. The van der Waals surface area contributed by atoms with Gasteiger partial charge in [-0.2, -0.15) is 0 Å². The number of carbonyl (C=O) groups excluding carboxylic acids is 2. The number of benzene rings is 2. The number of anilines is 2. The molecule has 5 heteroatoms. The zero-order valence-corrected chi connectivity index (χ0v) is 14.9. The minimum absolute atomic E-state index is 0.0641. The Morgan fingerprint density at radius 1 is 1.09 bits per heavy atom. The van der Waals surface area contributed by atoms with Crippen molar-refractivity contribution in [2.75, 3.05) is 10.6 Å². The van der Waals surface area contributed by atoms with Crippen LogP contribution in [-0.2, 0) is 4.79 Å². The lowest BCUT2D eigenvalue weighted by molar-refractivity contribution is -0.117. The molecule has 1 aliphatic rings. The van der Waals surface area contributed by atoms with Crippen molar-refractivity contribution >= 4 is 45.8 Å². The summed E-state index contributed by atoms with van der Waals surface area (Å²) in [6.45, 7) is 1.94. The van der Waals surface area contributed by atoms with E-state index in [-0.39, 0.29) is 17.7 Å². The molecule has 0 bridgehead atoms. The predicted molar refractivity (Wildman–Crippen MR) is 99.6 cm³/mol. The van der Waals surface area contributed by atoms with E-state index in [1.54, 1.807) is 6.07 Å². The van der Waals surface area contributed by atoms with Gasteiger partial charge in [-0.25, -0.2) is 0 Å². The number of hydrogen-bond acceptors (Lipinski definition) is 2. The van der Waals surface area contributed by atoms with Crippen LogP contribution in [0.3, 0.4) is 0 Å². The second-order valence-electron chi connectivity index (χ2n) is 5.73. The van der Waals surface area contributed by atoms with Gasteiger partial charge >= 0.3 is 0 Å².